The van der Waals surface area contributed by atoms with Crippen molar-refractivity contribution in [2.75, 3.05) is 0 Å². The van der Waals surface area contributed by atoms with Gasteiger partial charge >= 0.3 is 0 Å². The molecule has 2 N–H and O–H groups in total. The van der Waals surface area contributed by atoms with E-state index in [4.69, 9.17) is 10.2 Å². The first-order valence-corrected chi connectivity index (χ1v) is 6.60. The molecule has 94 valence electrons. The van der Waals surface area contributed by atoms with Crippen LogP contribution in [0.15, 0.2) is 50.8 Å². The number of nitrogens with two attached hydrogens (primary N) is 1. The molecule has 6 heteroatoms. The van der Waals surface area contributed by atoms with Gasteiger partial charge < -0.3 is 10.2 Å². The molecule has 0 bridgehead atoms. The summed E-state index contributed by atoms with van der Waals surface area (Å²) in [6.07, 6.45) is 1.13. The Morgan fingerprint density at radius 3 is 2.33 bits per heavy atom. The molecule has 0 atom stereocenters. The molecule has 5 nitrogen and oxygen atoms in total. The van der Waals surface area contributed by atoms with Crippen LogP contribution in [0.2, 0.25) is 0 Å². The number of amides is 1. The van der Waals surface area contributed by atoms with E-state index in [1.807, 2.05) is 6.92 Å². The van der Waals surface area contributed by atoms with Crippen molar-refractivity contribution in [3.05, 3.63) is 47.9 Å². The Morgan fingerprint density at radius 2 is 1.78 bits per heavy atom. The summed E-state index contributed by atoms with van der Waals surface area (Å²) in [5, 5.41) is 0. The number of primary amides is 1. The Morgan fingerprint density at radius 1 is 1.17 bits per heavy atom. The molecule has 0 saturated carbocycles. The van der Waals surface area contributed by atoms with E-state index >= 15 is 0 Å². The molecule has 0 saturated heterocycles. The van der Waals surface area contributed by atoms with Crippen LogP contribution in [-0.2, 0) is 9.84 Å². The van der Waals surface area contributed by atoms with Gasteiger partial charge in [0, 0.05) is 0 Å². The number of rotatable bonds is 3. The van der Waals surface area contributed by atoms with Crippen LogP contribution in [0.4, 0.5) is 0 Å². The van der Waals surface area contributed by atoms with Crippen molar-refractivity contribution in [3.63, 3.8) is 0 Å². The number of hydrogen-bond acceptors (Lipinski definition) is 4. The number of sulfone groups is 1. The number of furan rings is 1. The van der Waals surface area contributed by atoms with Crippen molar-refractivity contribution < 1.29 is 17.6 Å². The average Bonchev–Trinajstić information content (AvgIpc) is 2.79. The molecule has 1 aromatic heterocycles. The van der Waals surface area contributed by atoms with Crippen LogP contribution >= 0.6 is 0 Å². The third-order valence-electron chi connectivity index (χ3n) is 2.47. The van der Waals surface area contributed by atoms with Crippen LogP contribution in [0.3, 0.4) is 0 Å². The molecule has 0 radical (unpaired) electrons. The average molecular weight is 265 g/mol. The van der Waals surface area contributed by atoms with Crippen molar-refractivity contribution in [2.45, 2.75) is 16.7 Å². The number of aryl methyl sites for hydroxylation is 1. The fraction of sp³-hybridized carbons (Fsp3) is 0.0833. The maximum atomic E-state index is 12.3. The van der Waals surface area contributed by atoms with Gasteiger partial charge in [-0.1, -0.05) is 17.7 Å². The maximum Gasteiger partial charge on any atom is 0.285 e. The molecular formula is C12H11NO4S. The summed E-state index contributed by atoms with van der Waals surface area (Å²) in [5.41, 5.74) is 6.00. The van der Waals surface area contributed by atoms with Gasteiger partial charge in [0.05, 0.1) is 11.2 Å². The molecular weight excluding hydrogens is 254 g/mol. The molecule has 0 unspecified atom stereocenters. The summed E-state index contributed by atoms with van der Waals surface area (Å²) in [4.78, 5) is 11.0. The Balaban J connectivity index is 2.58. The van der Waals surface area contributed by atoms with Crippen molar-refractivity contribution in [1.82, 2.24) is 0 Å². The van der Waals surface area contributed by atoms with E-state index in [9.17, 15) is 13.2 Å². The van der Waals surface area contributed by atoms with E-state index in [1.54, 1.807) is 12.1 Å². The molecule has 18 heavy (non-hydrogen) atoms. The predicted molar refractivity (Wildman–Crippen MR) is 63.9 cm³/mol. The summed E-state index contributed by atoms with van der Waals surface area (Å²) in [6.45, 7) is 1.85. The Bertz CT molecular complexity index is 683. The van der Waals surface area contributed by atoms with E-state index in [2.05, 4.69) is 0 Å². The lowest BCUT2D eigenvalue weighted by Crippen LogP contribution is -2.14. The molecule has 0 aliphatic carbocycles. The van der Waals surface area contributed by atoms with Gasteiger partial charge in [-0.15, -0.1) is 0 Å². The van der Waals surface area contributed by atoms with Gasteiger partial charge in [0.25, 0.3) is 5.91 Å². The molecule has 1 amide bonds. The first kappa shape index (κ1) is 12.4. The van der Waals surface area contributed by atoms with Crippen LogP contribution in [-0.4, -0.2) is 14.3 Å². The fourth-order valence-corrected chi connectivity index (χ4v) is 2.91. The summed E-state index contributed by atoms with van der Waals surface area (Å²) in [5.74, 6) is -1.26. The second-order valence-corrected chi connectivity index (χ2v) is 5.71. The zero-order valence-corrected chi connectivity index (χ0v) is 10.4. The SMILES string of the molecule is Cc1ccc(S(=O)(=O)c2ccoc2C(N)=O)cc1. The topological polar surface area (TPSA) is 90.4 Å². The number of benzene rings is 1. The van der Waals surface area contributed by atoms with Gasteiger partial charge in [-0.2, -0.15) is 0 Å². The zero-order chi connectivity index (χ0) is 13.3. The van der Waals surface area contributed by atoms with E-state index in [0.717, 1.165) is 11.8 Å². The Hall–Kier alpha value is -2.08. The predicted octanol–water partition coefficient (Wildman–Crippen LogP) is 1.52. The lowest BCUT2D eigenvalue weighted by Gasteiger charge is -2.03. The van der Waals surface area contributed by atoms with E-state index < -0.39 is 15.7 Å². The zero-order valence-electron chi connectivity index (χ0n) is 9.58. The highest BCUT2D eigenvalue weighted by atomic mass is 32.2. The monoisotopic (exact) mass is 265 g/mol. The summed E-state index contributed by atoms with van der Waals surface area (Å²) in [7, 11) is -3.78. The Kier molecular flexibility index (Phi) is 2.96. The Labute approximate surface area is 104 Å². The highest BCUT2D eigenvalue weighted by Crippen LogP contribution is 2.24. The van der Waals surface area contributed by atoms with Crippen molar-refractivity contribution in [1.29, 1.82) is 0 Å². The van der Waals surface area contributed by atoms with Crippen LogP contribution in [0.5, 0.6) is 0 Å². The number of carbonyl (C=O) groups is 1. The van der Waals surface area contributed by atoms with Gasteiger partial charge in [-0.05, 0) is 25.1 Å². The lowest BCUT2D eigenvalue weighted by molar-refractivity contribution is 0.0969. The van der Waals surface area contributed by atoms with Crippen LogP contribution in [0.1, 0.15) is 16.1 Å². The quantitative estimate of drug-likeness (QED) is 0.910. The lowest BCUT2D eigenvalue weighted by atomic mass is 10.2. The van der Waals surface area contributed by atoms with Gasteiger partial charge in [-0.25, -0.2) is 8.42 Å². The summed E-state index contributed by atoms with van der Waals surface area (Å²) >= 11 is 0. The van der Waals surface area contributed by atoms with Crippen LogP contribution in [0.25, 0.3) is 0 Å². The first-order chi connectivity index (χ1) is 8.43. The molecule has 1 aromatic carbocycles. The second-order valence-electron chi connectivity index (χ2n) is 3.79. The van der Waals surface area contributed by atoms with Gasteiger partial charge in [-0.3, -0.25) is 4.79 Å². The molecule has 0 aliphatic rings. The third-order valence-corrected chi connectivity index (χ3v) is 4.27. The summed E-state index contributed by atoms with van der Waals surface area (Å²) in [6, 6.07) is 7.52. The van der Waals surface area contributed by atoms with E-state index in [0.29, 0.717) is 0 Å². The van der Waals surface area contributed by atoms with E-state index in [1.165, 1.54) is 18.2 Å². The number of hydrogen-bond donors (Lipinski definition) is 1. The minimum absolute atomic E-state index is 0.0944. The second kappa shape index (κ2) is 4.30. The van der Waals surface area contributed by atoms with E-state index in [-0.39, 0.29) is 15.6 Å². The summed E-state index contributed by atoms with van der Waals surface area (Å²) < 4.78 is 29.3. The minimum atomic E-state index is -3.78. The highest BCUT2D eigenvalue weighted by Gasteiger charge is 2.26. The third kappa shape index (κ3) is 2.02. The van der Waals surface area contributed by atoms with Crippen LogP contribution in [0, 0.1) is 6.92 Å². The first-order valence-electron chi connectivity index (χ1n) is 5.12. The molecule has 0 aliphatic heterocycles. The largest absolute Gasteiger partial charge is 0.458 e. The smallest absolute Gasteiger partial charge is 0.285 e. The minimum Gasteiger partial charge on any atom is -0.458 e. The van der Waals surface area contributed by atoms with Crippen molar-refractivity contribution >= 4 is 15.7 Å². The van der Waals surface area contributed by atoms with Gasteiger partial charge in [0.15, 0.2) is 0 Å². The normalized spacial score (nSPS) is 11.4. The van der Waals surface area contributed by atoms with Gasteiger partial charge in [0.2, 0.25) is 15.6 Å². The van der Waals surface area contributed by atoms with Gasteiger partial charge in [0.1, 0.15) is 4.90 Å². The molecule has 0 fully saturated rings. The van der Waals surface area contributed by atoms with Crippen molar-refractivity contribution in [3.8, 4) is 0 Å². The fourth-order valence-electron chi connectivity index (χ4n) is 1.53. The highest BCUT2D eigenvalue weighted by molar-refractivity contribution is 7.91. The van der Waals surface area contributed by atoms with Crippen molar-refractivity contribution in [2.24, 2.45) is 5.73 Å². The molecule has 1 heterocycles. The standard InChI is InChI=1S/C12H11NO4S/c1-8-2-4-9(5-3-8)18(15,16)10-6-7-17-11(10)12(13)14/h2-7H,1H3,(H2,13,14). The molecule has 2 aromatic rings. The number of carbonyl (C=O) groups excluding carboxylic acids is 1. The molecule has 0 spiro atoms. The molecule has 2 rings (SSSR count). The maximum absolute atomic E-state index is 12.3. The van der Waals surface area contributed by atoms with Crippen LogP contribution < -0.4 is 5.73 Å².